The maximum absolute atomic E-state index is 12.5. The van der Waals surface area contributed by atoms with E-state index in [1.54, 1.807) is 24.3 Å². The molecule has 0 radical (unpaired) electrons. The van der Waals surface area contributed by atoms with Crippen LogP contribution in [-0.4, -0.2) is 58.1 Å². The van der Waals surface area contributed by atoms with E-state index in [-0.39, 0.29) is 11.7 Å². The van der Waals surface area contributed by atoms with Crippen LogP contribution in [0, 0.1) is 13.8 Å². The lowest BCUT2D eigenvalue weighted by molar-refractivity contribution is 0.0729. The van der Waals surface area contributed by atoms with Crippen molar-refractivity contribution in [3.05, 3.63) is 64.7 Å². The van der Waals surface area contributed by atoms with E-state index >= 15 is 0 Å². The molecule has 1 heterocycles. The summed E-state index contributed by atoms with van der Waals surface area (Å²) in [6.07, 6.45) is 0. The van der Waals surface area contributed by atoms with Crippen LogP contribution in [0.25, 0.3) is 0 Å². The number of rotatable bonds is 8. The summed E-state index contributed by atoms with van der Waals surface area (Å²) < 4.78 is 37.4. The van der Waals surface area contributed by atoms with Crippen LogP contribution < -0.4 is 10.1 Å². The Labute approximate surface area is 178 Å². The molecular formula is C22H28N2O5S. The summed E-state index contributed by atoms with van der Waals surface area (Å²) in [5, 5.41) is 2.82. The summed E-state index contributed by atoms with van der Waals surface area (Å²) >= 11 is 0. The van der Waals surface area contributed by atoms with E-state index in [0.717, 1.165) is 16.9 Å². The molecule has 0 unspecified atom stereocenters. The zero-order valence-electron chi connectivity index (χ0n) is 17.4. The number of benzene rings is 2. The second-order valence-corrected chi connectivity index (χ2v) is 9.24. The van der Waals surface area contributed by atoms with Gasteiger partial charge in [-0.3, -0.25) is 4.79 Å². The van der Waals surface area contributed by atoms with Gasteiger partial charge in [-0.25, -0.2) is 8.42 Å². The minimum Gasteiger partial charge on any atom is -0.491 e. The van der Waals surface area contributed by atoms with E-state index in [0.29, 0.717) is 50.6 Å². The number of sulfonamides is 1. The van der Waals surface area contributed by atoms with Crippen LogP contribution in [0.1, 0.15) is 27.0 Å². The third-order valence-corrected chi connectivity index (χ3v) is 6.98. The van der Waals surface area contributed by atoms with Gasteiger partial charge < -0.3 is 14.8 Å². The van der Waals surface area contributed by atoms with Crippen molar-refractivity contribution >= 4 is 15.9 Å². The number of nitrogens with one attached hydrogen (secondary N) is 1. The number of carbonyl (C=O) groups is 1. The van der Waals surface area contributed by atoms with Crippen molar-refractivity contribution in [1.29, 1.82) is 0 Å². The molecular weight excluding hydrogens is 404 g/mol. The highest BCUT2D eigenvalue weighted by Crippen LogP contribution is 2.20. The van der Waals surface area contributed by atoms with Crippen molar-refractivity contribution in [2.75, 3.05) is 39.5 Å². The molecule has 1 N–H and O–H groups in total. The summed E-state index contributed by atoms with van der Waals surface area (Å²) in [6, 6.07) is 12.5. The Morgan fingerprint density at radius 1 is 1.10 bits per heavy atom. The summed E-state index contributed by atoms with van der Waals surface area (Å²) in [4.78, 5) is 12.3. The SMILES string of the molecule is Cc1cccc(OCCNC(=O)c2ccc(CS(=O)(=O)N3CCOCC3)cc2)c1C. The molecule has 30 heavy (non-hydrogen) atoms. The van der Waals surface area contributed by atoms with E-state index in [1.807, 2.05) is 32.0 Å². The molecule has 1 aliphatic rings. The van der Waals surface area contributed by atoms with E-state index in [9.17, 15) is 13.2 Å². The van der Waals surface area contributed by atoms with Crippen molar-refractivity contribution < 1.29 is 22.7 Å². The van der Waals surface area contributed by atoms with E-state index in [2.05, 4.69) is 5.32 Å². The molecule has 3 rings (SSSR count). The first-order chi connectivity index (χ1) is 14.4. The number of hydrogen-bond donors (Lipinski definition) is 1. The normalized spacial score (nSPS) is 15.0. The summed E-state index contributed by atoms with van der Waals surface area (Å²) in [5.41, 5.74) is 3.38. The molecule has 0 aromatic heterocycles. The number of amides is 1. The van der Waals surface area contributed by atoms with Gasteiger partial charge in [-0.2, -0.15) is 4.31 Å². The Morgan fingerprint density at radius 2 is 1.80 bits per heavy atom. The fourth-order valence-electron chi connectivity index (χ4n) is 3.19. The van der Waals surface area contributed by atoms with Gasteiger partial charge in [-0.05, 0) is 48.7 Å². The Morgan fingerprint density at radius 3 is 2.50 bits per heavy atom. The predicted molar refractivity (Wildman–Crippen MR) is 115 cm³/mol. The van der Waals surface area contributed by atoms with Gasteiger partial charge in [0.15, 0.2) is 0 Å². The number of nitrogens with zero attached hydrogens (tertiary/aromatic N) is 1. The Balaban J connectivity index is 1.48. The minimum absolute atomic E-state index is 0.0847. The third-order valence-electron chi connectivity index (χ3n) is 5.13. The molecule has 162 valence electrons. The van der Waals surface area contributed by atoms with Gasteiger partial charge in [0.2, 0.25) is 10.0 Å². The fourth-order valence-corrected chi connectivity index (χ4v) is 4.69. The molecule has 1 aliphatic heterocycles. The molecule has 1 amide bonds. The van der Waals surface area contributed by atoms with Crippen LogP contribution in [0.5, 0.6) is 5.75 Å². The molecule has 2 aromatic carbocycles. The van der Waals surface area contributed by atoms with Crippen LogP contribution in [0.4, 0.5) is 0 Å². The van der Waals surface area contributed by atoms with Crippen molar-refractivity contribution in [3.8, 4) is 5.75 Å². The second-order valence-electron chi connectivity index (χ2n) is 7.27. The van der Waals surface area contributed by atoms with Gasteiger partial charge in [0.05, 0.1) is 25.5 Å². The molecule has 1 fully saturated rings. The highest BCUT2D eigenvalue weighted by atomic mass is 32.2. The van der Waals surface area contributed by atoms with E-state index < -0.39 is 10.0 Å². The molecule has 0 atom stereocenters. The zero-order valence-corrected chi connectivity index (χ0v) is 18.2. The van der Waals surface area contributed by atoms with Crippen molar-refractivity contribution in [1.82, 2.24) is 9.62 Å². The van der Waals surface area contributed by atoms with Crippen molar-refractivity contribution in [2.24, 2.45) is 0 Å². The van der Waals surface area contributed by atoms with Crippen LogP contribution in [-0.2, 0) is 20.5 Å². The minimum atomic E-state index is -3.38. The zero-order chi connectivity index (χ0) is 21.6. The van der Waals surface area contributed by atoms with Crippen LogP contribution >= 0.6 is 0 Å². The smallest absolute Gasteiger partial charge is 0.251 e. The number of aryl methyl sites for hydroxylation is 1. The number of carbonyl (C=O) groups excluding carboxylic acids is 1. The van der Waals surface area contributed by atoms with Gasteiger partial charge in [-0.15, -0.1) is 0 Å². The standard InChI is InChI=1S/C22H28N2O5S/c1-17-4-3-5-21(18(17)2)29-13-10-23-22(25)20-8-6-19(7-9-20)16-30(26,27)24-11-14-28-15-12-24/h3-9H,10-16H2,1-2H3,(H,23,25). The van der Waals surface area contributed by atoms with E-state index in [1.165, 1.54) is 4.31 Å². The molecule has 2 aromatic rings. The maximum atomic E-state index is 12.5. The molecule has 8 heteroatoms. The Bertz CT molecular complexity index is 968. The first-order valence-electron chi connectivity index (χ1n) is 9.98. The second kappa shape index (κ2) is 10.1. The lowest BCUT2D eigenvalue weighted by Gasteiger charge is -2.26. The largest absolute Gasteiger partial charge is 0.491 e. The van der Waals surface area contributed by atoms with Crippen LogP contribution in [0.2, 0.25) is 0 Å². The van der Waals surface area contributed by atoms with E-state index in [4.69, 9.17) is 9.47 Å². The number of hydrogen-bond acceptors (Lipinski definition) is 5. The fraction of sp³-hybridized carbons (Fsp3) is 0.409. The summed E-state index contributed by atoms with van der Waals surface area (Å²) in [6.45, 7) is 6.38. The average Bonchev–Trinajstić information content (AvgIpc) is 2.75. The first kappa shape index (κ1) is 22.3. The molecule has 0 bridgehead atoms. The highest BCUT2D eigenvalue weighted by molar-refractivity contribution is 7.88. The van der Waals surface area contributed by atoms with Gasteiger partial charge in [0.1, 0.15) is 12.4 Å². The molecule has 0 saturated carbocycles. The molecule has 1 saturated heterocycles. The third kappa shape index (κ3) is 5.81. The van der Waals surface area contributed by atoms with Crippen molar-refractivity contribution in [2.45, 2.75) is 19.6 Å². The van der Waals surface area contributed by atoms with Crippen LogP contribution in [0.3, 0.4) is 0 Å². The summed E-state index contributed by atoms with van der Waals surface area (Å²) in [5.74, 6) is 0.510. The van der Waals surface area contributed by atoms with Gasteiger partial charge >= 0.3 is 0 Å². The number of morpholine rings is 1. The highest BCUT2D eigenvalue weighted by Gasteiger charge is 2.24. The molecule has 0 spiro atoms. The Hall–Kier alpha value is -2.42. The topological polar surface area (TPSA) is 84.9 Å². The maximum Gasteiger partial charge on any atom is 0.251 e. The monoisotopic (exact) mass is 432 g/mol. The van der Waals surface area contributed by atoms with Gasteiger partial charge in [-0.1, -0.05) is 24.3 Å². The van der Waals surface area contributed by atoms with Crippen molar-refractivity contribution in [3.63, 3.8) is 0 Å². The Kier molecular flexibility index (Phi) is 7.47. The van der Waals surface area contributed by atoms with Gasteiger partial charge in [0, 0.05) is 18.7 Å². The molecule has 7 nitrogen and oxygen atoms in total. The lowest BCUT2D eigenvalue weighted by atomic mass is 10.1. The van der Waals surface area contributed by atoms with Gasteiger partial charge in [0.25, 0.3) is 5.91 Å². The first-order valence-corrected chi connectivity index (χ1v) is 11.6. The van der Waals surface area contributed by atoms with Crippen LogP contribution in [0.15, 0.2) is 42.5 Å². The summed E-state index contributed by atoms with van der Waals surface area (Å²) in [7, 11) is -3.38. The lowest BCUT2D eigenvalue weighted by Crippen LogP contribution is -2.41. The average molecular weight is 433 g/mol. The predicted octanol–water partition coefficient (Wildman–Crippen LogP) is 2.27. The number of ether oxygens (including phenoxy) is 2. The quantitative estimate of drug-likeness (QED) is 0.647. The molecule has 0 aliphatic carbocycles.